The molecule has 0 amide bonds. The average Bonchev–Trinajstić information content (AvgIpc) is 2.04. The lowest BCUT2D eigenvalue weighted by Gasteiger charge is -1.98. The molecule has 0 aliphatic heterocycles. The molecule has 0 spiro atoms. The van der Waals surface area contributed by atoms with E-state index in [1.807, 2.05) is 0 Å². The maximum atomic E-state index is 11.3. The Morgan fingerprint density at radius 3 is 2.23 bits per heavy atom. The molecule has 0 aromatic heterocycles. The van der Waals surface area contributed by atoms with Crippen LogP contribution in [-0.2, 0) is 4.79 Å². The van der Waals surface area contributed by atoms with Crippen molar-refractivity contribution in [3.8, 4) is 0 Å². The van der Waals surface area contributed by atoms with E-state index in [0.717, 1.165) is 0 Å². The van der Waals surface area contributed by atoms with Crippen molar-refractivity contribution < 1.29 is 9.59 Å². The second-order valence-electron chi connectivity index (χ2n) is 2.92. The molecule has 0 radical (unpaired) electrons. The first kappa shape index (κ1) is 9.45. The van der Waals surface area contributed by atoms with Gasteiger partial charge in [0, 0.05) is 11.3 Å². The standard InChI is InChI=1S/C10H11NO2/c1-7(12)6-10(13)8-2-4-9(11)5-3-8/h2-5H,6,11H2,1H3. The van der Waals surface area contributed by atoms with Crippen molar-refractivity contribution in [3.63, 3.8) is 0 Å². The maximum absolute atomic E-state index is 11.3. The third-order valence-electron chi connectivity index (χ3n) is 1.64. The van der Waals surface area contributed by atoms with Gasteiger partial charge < -0.3 is 5.73 Å². The largest absolute Gasteiger partial charge is 0.399 e. The molecule has 13 heavy (non-hydrogen) atoms. The highest BCUT2D eigenvalue weighted by Crippen LogP contribution is 2.07. The highest BCUT2D eigenvalue weighted by molar-refractivity contribution is 6.07. The first-order valence-electron chi connectivity index (χ1n) is 3.98. The van der Waals surface area contributed by atoms with Crippen molar-refractivity contribution in [2.45, 2.75) is 13.3 Å². The molecule has 0 heterocycles. The second kappa shape index (κ2) is 3.85. The van der Waals surface area contributed by atoms with Crippen molar-refractivity contribution in [2.24, 2.45) is 0 Å². The summed E-state index contributed by atoms with van der Waals surface area (Å²) in [5, 5.41) is 0. The molecule has 3 heteroatoms. The van der Waals surface area contributed by atoms with E-state index >= 15 is 0 Å². The van der Waals surface area contributed by atoms with Crippen LogP contribution >= 0.6 is 0 Å². The maximum Gasteiger partial charge on any atom is 0.170 e. The molecule has 0 aliphatic rings. The molecular formula is C10H11NO2. The van der Waals surface area contributed by atoms with Crippen molar-refractivity contribution in [2.75, 3.05) is 5.73 Å². The molecule has 0 aliphatic carbocycles. The fourth-order valence-corrected chi connectivity index (χ4v) is 0.997. The molecule has 0 saturated heterocycles. The SMILES string of the molecule is CC(=O)CC(=O)c1ccc(N)cc1. The van der Waals surface area contributed by atoms with Crippen LogP contribution in [0.4, 0.5) is 5.69 Å². The summed E-state index contributed by atoms with van der Waals surface area (Å²) in [4.78, 5) is 22.0. The number of ketones is 2. The molecule has 1 aromatic rings. The van der Waals surface area contributed by atoms with E-state index in [4.69, 9.17) is 5.73 Å². The Morgan fingerprint density at radius 2 is 1.77 bits per heavy atom. The summed E-state index contributed by atoms with van der Waals surface area (Å²) < 4.78 is 0. The number of rotatable bonds is 3. The number of carbonyl (C=O) groups excluding carboxylic acids is 2. The number of nitrogen functional groups attached to an aromatic ring is 1. The van der Waals surface area contributed by atoms with Gasteiger partial charge in [0.15, 0.2) is 5.78 Å². The van der Waals surface area contributed by atoms with Crippen LogP contribution in [0.1, 0.15) is 23.7 Å². The summed E-state index contributed by atoms with van der Waals surface area (Å²) in [5.74, 6) is -0.283. The Labute approximate surface area is 76.6 Å². The lowest BCUT2D eigenvalue weighted by Crippen LogP contribution is -2.04. The van der Waals surface area contributed by atoms with Gasteiger partial charge in [-0.3, -0.25) is 9.59 Å². The molecule has 68 valence electrons. The normalized spacial score (nSPS) is 9.62. The zero-order valence-electron chi connectivity index (χ0n) is 7.41. The van der Waals surface area contributed by atoms with Gasteiger partial charge in [0.25, 0.3) is 0 Å². The van der Waals surface area contributed by atoms with Crippen molar-refractivity contribution in [1.82, 2.24) is 0 Å². The number of hydrogen-bond donors (Lipinski definition) is 1. The Hall–Kier alpha value is -1.64. The lowest BCUT2D eigenvalue weighted by molar-refractivity contribution is -0.116. The highest BCUT2D eigenvalue weighted by atomic mass is 16.1. The van der Waals surface area contributed by atoms with Crippen LogP contribution in [0.3, 0.4) is 0 Å². The molecule has 1 aromatic carbocycles. The average molecular weight is 177 g/mol. The van der Waals surface area contributed by atoms with Gasteiger partial charge in [-0.2, -0.15) is 0 Å². The number of nitrogens with two attached hydrogens (primary N) is 1. The first-order valence-corrected chi connectivity index (χ1v) is 3.98. The minimum Gasteiger partial charge on any atom is -0.399 e. The van der Waals surface area contributed by atoms with Crippen LogP contribution in [0.5, 0.6) is 0 Å². The van der Waals surface area contributed by atoms with E-state index < -0.39 is 0 Å². The van der Waals surface area contributed by atoms with Gasteiger partial charge in [0.05, 0.1) is 6.42 Å². The Balaban J connectivity index is 2.78. The molecule has 0 saturated carbocycles. The van der Waals surface area contributed by atoms with Crippen LogP contribution in [-0.4, -0.2) is 11.6 Å². The van der Waals surface area contributed by atoms with Crippen LogP contribution in [0.15, 0.2) is 24.3 Å². The molecule has 3 nitrogen and oxygen atoms in total. The summed E-state index contributed by atoms with van der Waals surface area (Å²) >= 11 is 0. The van der Waals surface area contributed by atoms with Gasteiger partial charge in [-0.05, 0) is 31.2 Å². The van der Waals surface area contributed by atoms with Crippen LogP contribution < -0.4 is 5.73 Å². The number of benzene rings is 1. The molecule has 0 atom stereocenters. The lowest BCUT2D eigenvalue weighted by atomic mass is 10.1. The zero-order chi connectivity index (χ0) is 9.84. The quantitative estimate of drug-likeness (QED) is 0.431. The fourth-order valence-electron chi connectivity index (χ4n) is 0.997. The zero-order valence-corrected chi connectivity index (χ0v) is 7.41. The molecule has 0 bridgehead atoms. The summed E-state index contributed by atoms with van der Waals surface area (Å²) in [7, 11) is 0. The van der Waals surface area contributed by atoms with Gasteiger partial charge in [-0.1, -0.05) is 0 Å². The smallest absolute Gasteiger partial charge is 0.170 e. The Bertz CT molecular complexity index is 327. The van der Waals surface area contributed by atoms with E-state index in [2.05, 4.69) is 0 Å². The number of carbonyl (C=O) groups is 2. The minimum absolute atomic E-state index is 0.0378. The number of hydrogen-bond acceptors (Lipinski definition) is 3. The van der Waals surface area contributed by atoms with Crippen molar-refractivity contribution >= 4 is 17.3 Å². The van der Waals surface area contributed by atoms with E-state index in [-0.39, 0.29) is 18.0 Å². The minimum atomic E-state index is -0.160. The van der Waals surface area contributed by atoms with Crippen molar-refractivity contribution in [3.05, 3.63) is 29.8 Å². The molecule has 1 rings (SSSR count). The van der Waals surface area contributed by atoms with E-state index in [9.17, 15) is 9.59 Å². The van der Waals surface area contributed by atoms with Crippen molar-refractivity contribution in [1.29, 1.82) is 0 Å². The van der Waals surface area contributed by atoms with E-state index in [0.29, 0.717) is 11.3 Å². The Kier molecular flexibility index (Phi) is 2.80. The van der Waals surface area contributed by atoms with Crippen LogP contribution in [0, 0.1) is 0 Å². The first-order chi connectivity index (χ1) is 6.09. The molecular weight excluding hydrogens is 166 g/mol. The number of anilines is 1. The van der Waals surface area contributed by atoms with E-state index in [1.54, 1.807) is 24.3 Å². The molecule has 2 N–H and O–H groups in total. The molecule has 0 fully saturated rings. The predicted molar refractivity (Wildman–Crippen MR) is 50.5 cm³/mol. The van der Waals surface area contributed by atoms with Crippen LogP contribution in [0.2, 0.25) is 0 Å². The third kappa shape index (κ3) is 2.71. The second-order valence-corrected chi connectivity index (χ2v) is 2.92. The predicted octanol–water partition coefficient (Wildman–Crippen LogP) is 1.43. The van der Waals surface area contributed by atoms with Gasteiger partial charge in [0.1, 0.15) is 5.78 Å². The van der Waals surface area contributed by atoms with Gasteiger partial charge >= 0.3 is 0 Å². The van der Waals surface area contributed by atoms with Gasteiger partial charge in [-0.25, -0.2) is 0 Å². The van der Waals surface area contributed by atoms with E-state index in [1.165, 1.54) is 6.92 Å². The topological polar surface area (TPSA) is 60.2 Å². The summed E-state index contributed by atoms with van der Waals surface area (Å²) in [6, 6.07) is 6.54. The van der Waals surface area contributed by atoms with Crippen LogP contribution in [0.25, 0.3) is 0 Å². The van der Waals surface area contributed by atoms with Gasteiger partial charge in [0.2, 0.25) is 0 Å². The number of Topliss-reactive ketones (excluding diaryl/α,β-unsaturated/α-hetero) is 2. The highest BCUT2D eigenvalue weighted by Gasteiger charge is 2.07. The summed E-state index contributed by atoms with van der Waals surface area (Å²) in [5.41, 5.74) is 6.59. The third-order valence-corrected chi connectivity index (χ3v) is 1.64. The fraction of sp³-hybridized carbons (Fsp3) is 0.200. The molecule has 0 unspecified atom stereocenters. The summed E-state index contributed by atoms with van der Waals surface area (Å²) in [6.45, 7) is 1.40. The van der Waals surface area contributed by atoms with Gasteiger partial charge in [-0.15, -0.1) is 0 Å². The Morgan fingerprint density at radius 1 is 1.23 bits per heavy atom. The monoisotopic (exact) mass is 177 g/mol. The summed E-state index contributed by atoms with van der Waals surface area (Å²) in [6.07, 6.45) is -0.0378.